The Balaban J connectivity index is 2.42. The molecule has 0 radical (unpaired) electrons. The lowest BCUT2D eigenvalue weighted by Gasteiger charge is -2.17. The minimum absolute atomic E-state index is 0.0356. The smallest absolute Gasteiger partial charge is 0.229 e. The Hall–Kier alpha value is 0.160. The molecule has 0 aliphatic carbocycles. The molecular weight excluding hydrogens is 383 g/mol. The number of anilines is 1. The number of hydrogen-bond acceptors (Lipinski definition) is 2. The van der Waals surface area contributed by atoms with Gasteiger partial charge in [-0.1, -0.05) is 11.6 Å². The van der Waals surface area contributed by atoms with Crippen LogP contribution < -0.4 is 4.90 Å². The SMILES string of the molecule is O=C1CC(Cl)CN1c1ncc(Br)c(Cl)c1Br. The second kappa shape index (κ2) is 4.80. The van der Waals surface area contributed by atoms with E-state index in [0.29, 0.717) is 32.8 Å². The van der Waals surface area contributed by atoms with E-state index in [-0.39, 0.29) is 11.3 Å². The van der Waals surface area contributed by atoms with Gasteiger partial charge in [-0.2, -0.15) is 0 Å². The van der Waals surface area contributed by atoms with Crippen molar-refractivity contribution in [3.05, 3.63) is 20.2 Å². The van der Waals surface area contributed by atoms with Crippen molar-refractivity contribution in [2.75, 3.05) is 11.4 Å². The van der Waals surface area contributed by atoms with E-state index in [1.165, 1.54) is 0 Å². The quantitative estimate of drug-likeness (QED) is 0.689. The molecule has 0 saturated carbocycles. The first-order valence-electron chi connectivity index (χ1n) is 4.44. The van der Waals surface area contributed by atoms with Crippen molar-refractivity contribution in [3.8, 4) is 0 Å². The second-order valence-electron chi connectivity index (χ2n) is 3.36. The van der Waals surface area contributed by atoms with Crippen LogP contribution in [0.2, 0.25) is 5.02 Å². The molecule has 1 aliphatic heterocycles. The van der Waals surface area contributed by atoms with Crippen molar-refractivity contribution in [2.45, 2.75) is 11.8 Å². The molecule has 1 amide bonds. The normalized spacial score (nSPS) is 20.6. The van der Waals surface area contributed by atoms with Crippen LogP contribution in [0.25, 0.3) is 0 Å². The van der Waals surface area contributed by atoms with Crippen LogP contribution in [-0.4, -0.2) is 22.8 Å². The van der Waals surface area contributed by atoms with Crippen molar-refractivity contribution in [1.29, 1.82) is 0 Å². The highest BCUT2D eigenvalue weighted by Crippen LogP contribution is 2.37. The van der Waals surface area contributed by atoms with Gasteiger partial charge in [0.05, 0.1) is 19.3 Å². The first kappa shape index (κ1) is 12.6. The van der Waals surface area contributed by atoms with Crippen molar-refractivity contribution in [2.24, 2.45) is 0 Å². The maximum Gasteiger partial charge on any atom is 0.229 e. The van der Waals surface area contributed by atoms with Gasteiger partial charge < -0.3 is 0 Å². The Morgan fingerprint density at radius 1 is 1.50 bits per heavy atom. The van der Waals surface area contributed by atoms with E-state index < -0.39 is 0 Å². The molecule has 0 spiro atoms. The summed E-state index contributed by atoms with van der Waals surface area (Å²) in [5, 5.41) is 0.333. The van der Waals surface area contributed by atoms with Gasteiger partial charge in [0.2, 0.25) is 5.91 Å². The van der Waals surface area contributed by atoms with E-state index in [9.17, 15) is 4.79 Å². The molecule has 3 nitrogen and oxygen atoms in total. The van der Waals surface area contributed by atoms with Gasteiger partial charge in [0.1, 0.15) is 0 Å². The van der Waals surface area contributed by atoms with E-state index in [2.05, 4.69) is 36.8 Å². The zero-order chi connectivity index (χ0) is 11.9. The molecule has 0 bridgehead atoms. The average Bonchev–Trinajstić information content (AvgIpc) is 2.55. The molecule has 0 N–H and O–H groups in total. The molecule has 1 aromatic heterocycles. The summed E-state index contributed by atoms with van der Waals surface area (Å²) in [5.41, 5.74) is 0. The van der Waals surface area contributed by atoms with Crippen molar-refractivity contribution in [1.82, 2.24) is 4.98 Å². The fourth-order valence-electron chi connectivity index (χ4n) is 1.49. The van der Waals surface area contributed by atoms with Crippen LogP contribution in [0.4, 0.5) is 5.82 Å². The van der Waals surface area contributed by atoms with Gasteiger partial charge in [0, 0.05) is 19.2 Å². The lowest BCUT2D eigenvalue weighted by Crippen LogP contribution is -2.26. The summed E-state index contributed by atoms with van der Waals surface area (Å²) in [4.78, 5) is 17.4. The molecule has 7 heteroatoms. The molecule has 2 heterocycles. The minimum Gasteiger partial charge on any atom is -0.294 e. The van der Waals surface area contributed by atoms with Gasteiger partial charge in [-0.15, -0.1) is 11.6 Å². The van der Waals surface area contributed by atoms with Crippen molar-refractivity contribution < 1.29 is 4.79 Å². The number of amides is 1. The van der Waals surface area contributed by atoms with Gasteiger partial charge >= 0.3 is 0 Å². The van der Waals surface area contributed by atoms with E-state index in [0.717, 1.165) is 0 Å². The number of carbonyl (C=O) groups excluding carboxylic acids is 1. The van der Waals surface area contributed by atoms with Gasteiger partial charge in [-0.3, -0.25) is 9.69 Å². The van der Waals surface area contributed by atoms with Crippen LogP contribution in [0.15, 0.2) is 15.1 Å². The molecule has 1 atom stereocenters. The van der Waals surface area contributed by atoms with E-state index in [4.69, 9.17) is 23.2 Å². The van der Waals surface area contributed by atoms with Crippen LogP contribution in [0.5, 0.6) is 0 Å². The first-order chi connectivity index (χ1) is 7.50. The number of alkyl halides is 1. The van der Waals surface area contributed by atoms with Crippen LogP contribution >= 0.6 is 55.1 Å². The topological polar surface area (TPSA) is 33.2 Å². The first-order valence-corrected chi connectivity index (χ1v) is 6.84. The molecule has 1 fully saturated rings. The van der Waals surface area contributed by atoms with E-state index >= 15 is 0 Å². The lowest BCUT2D eigenvalue weighted by atomic mass is 10.4. The molecule has 1 aliphatic rings. The Morgan fingerprint density at radius 2 is 2.19 bits per heavy atom. The van der Waals surface area contributed by atoms with E-state index in [1.807, 2.05) is 0 Å². The molecule has 86 valence electrons. The zero-order valence-electron chi connectivity index (χ0n) is 7.88. The summed E-state index contributed by atoms with van der Waals surface area (Å²) < 4.78 is 1.28. The second-order valence-corrected chi connectivity index (χ2v) is 6.01. The molecule has 16 heavy (non-hydrogen) atoms. The maximum atomic E-state index is 11.7. The standard InChI is InChI=1S/C9H6Br2Cl2N2O/c10-5-2-14-9(7(11)8(5)13)15-3-4(12)1-6(15)16/h2,4H,1,3H2. The third-order valence-corrected chi connectivity index (χ3v) is 4.73. The lowest BCUT2D eigenvalue weighted by molar-refractivity contribution is -0.117. The Morgan fingerprint density at radius 3 is 2.75 bits per heavy atom. The van der Waals surface area contributed by atoms with Crippen LogP contribution in [0, 0.1) is 0 Å². The monoisotopic (exact) mass is 386 g/mol. The number of carbonyl (C=O) groups is 1. The number of halogens is 4. The highest BCUT2D eigenvalue weighted by molar-refractivity contribution is 9.11. The van der Waals surface area contributed by atoms with Crippen molar-refractivity contribution >= 4 is 66.8 Å². The highest BCUT2D eigenvalue weighted by Gasteiger charge is 2.31. The van der Waals surface area contributed by atoms with E-state index in [1.54, 1.807) is 11.1 Å². The van der Waals surface area contributed by atoms with Gasteiger partial charge in [-0.05, 0) is 31.9 Å². The van der Waals surface area contributed by atoms with Crippen LogP contribution in [0.1, 0.15) is 6.42 Å². The fraction of sp³-hybridized carbons (Fsp3) is 0.333. The molecule has 0 aromatic carbocycles. The van der Waals surface area contributed by atoms with Gasteiger partial charge in [0.15, 0.2) is 5.82 Å². The number of pyridine rings is 1. The molecular formula is C9H6Br2Cl2N2O. The third kappa shape index (κ3) is 2.23. The van der Waals surface area contributed by atoms with Crippen LogP contribution in [0.3, 0.4) is 0 Å². The predicted octanol–water partition coefficient (Wildman–Crippen LogP) is 3.60. The summed E-state index contributed by atoms with van der Waals surface area (Å²) in [6.07, 6.45) is 1.90. The third-order valence-electron chi connectivity index (χ3n) is 2.23. The average molecular weight is 389 g/mol. The molecule has 1 unspecified atom stereocenters. The maximum absolute atomic E-state index is 11.7. The fourth-order valence-corrected chi connectivity index (χ4v) is 2.99. The predicted molar refractivity (Wildman–Crippen MR) is 71.3 cm³/mol. The Labute approximate surface area is 119 Å². The Kier molecular flexibility index (Phi) is 3.79. The van der Waals surface area contributed by atoms with Gasteiger partial charge in [0.25, 0.3) is 0 Å². The van der Waals surface area contributed by atoms with Crippen LogP contribution in [-0.2, 0) is 4.79 Å². The van der Waals surface area contributed by atoms with Gasteiger partial charge in [-0.25, -0.2) is 4.98 Å². The minimum atomic E-state index is -0.163. The largest absolute Gasteiger partial charge is 0.294 e. The molecule has 2 rings (SSSR count). The number of aromatic nitrogens is 1. The number of rotatable bonds is 1. The highest BCUT2D eigenvalue weighted by atomic mass is 79.9. The van der Waals surface area contributed by atoms with Crippen molar-refractivity contribution in [3.63, 3.8) is 0 Å². The number of hydrogen-bond donors (Lipinski definition) is 0. The summed E-state index contributed by atoms with van der Waals surface area (Å²) in [5.74, 6) is 0.480. The summed E-state index contributed by atoms with van der Waals surface area (Å²) in [6, 6.07) is 0. The summed E-state index contributed by atoms with van der Waals surface area (Å²) in [7, 11) is 0. The zero-order valence-corrected chi connectivity index (χ0v) is 12.6. The number of nitrogens with zero attached hydrogens (tertiary/aromatic N) is 2. The Bertz CT molecular complexity index is 455. The molecule has 1 saturated heterocycles. The summed E-state index contributed by atoms with van der Waals surface area (Å²) >= 11 is 18.6. The molecule has 1 aromatic rings. The summed E-state index contributed by atoms with van der Waals surface area (Å²) in [6.45, 7) is 0.462.